The smallest absolute Gasteiger partial charge is 0.308 e. The Kier molecular flexibility index (Phi) is 2.72. The highest BCUT2D eigenvalue weighted by atomic mass is 16.5. The predicted molar refractivity (Wildman–Crippen MR) is 68.5 cm³/mol. The molecule has 0 atom stereocenters. The van der Waals surface area contributed by atoms with Crippen molar-refractivity contribution in [1.82, 2.24) is 9.97 Å². The molecule has 0 amide bonds. The Balaban J connectivity index is 2.04. The minimum atomic E-state index is -0.369. The molecule has 0 fully saturated rings. The van der Waals surface area contributed by atoms with Crippen LogP contribution in [0.15, 0.2) is 47.1 Å². The average Bonchev–Trinajstić information content (AvgIpc) is 2.82. The van der Waals surface area contributed by atoms with Gasteiger partial charge in [-0.2, -0.15) is 0 Å². The molecule has 0 spiro atoms. The summed E-state index contributed by atoms with van der Waals surface area (Å²) < 4.78 is 10.6. The van der Waals surface area contributed by atoms with Crippen molar-refractivity contribution in [2.45, 2.75) is 6.92 Å². The number of carbonyl (C=O) groups excluding carboxylic acids is 1. The van der Waals surface area contributed by atoms with Gasteiger partial charge in [0.05, 0.1) is 5.56 Å². The molecule has 5 heteroatoms. The number of hydrogen-bond donors (Lipinski definition) is 0. The number of pyridine rings is 1. The summed E-state index contributed by atoms with van der Waals surface area (Å²) in [6, 6.07) is 8.75. The van der Waals surface area contributed by atoms with Gasteiger partial charge in [0.25, 0.3) is 0 Å². The molecule has 2 aromatic heterocycles. The van der Waals surface area contributed by atoms with Crippen LogP contribution in [0.25, 0.3) is 22.6 Å². The molecule has 0 N–H and O–H groups in total. The van der Waals surface area contributed by atoms with Gasteiger partial charge in [-0.15, -0.1) is 0 Å². The maximum Gasteiger partial charge on any atom is 0.308 e. The number of ether oxygens (including phenoxy) is 1. The normalized spacial score (nSPS) is 10.6. The molecule has 19 heavy (non-hydrogen) atoms. The standard InChI is InChI=1S/C14H10N2O3/c1-9(17)18-11-4-5-12-13(7-11)19-14(16-12)10-3-2-6-15-8-10/h2-8H,1H3. The van der Waals surface area contributed by atoms with Crippen molar-refractivity contribution in [3.8, 4) is 17.2 Å². The first-order chi connectivity index (χ1) is 9.22. The van der Waals surface area contributed by atoms with Crippen LogP contribution in [0.1, 0.15) is 6.92 Å². The molecule has 0 unspecified atom stereocenters. The molecule has 0 radical (unpaired) electrons. The van der Waals surface area contributed by atoms with E-state index in [1.165, 1.54) is 6.92 Å². The molecule has 0 saturated carbocycles. The summed E-state index contributed by atoms with van der Waals surface area (Å²) in [5, 5.41) is 0. The summed E-state index contributed by atoms with van der Waals surface area (Å²) in [5.74, 6) is 0.559. The van der Waals surface area contributed by atoms with Gasteiger partial charge in [-0.05, 0) is 24.3 Å². The molecule has 0 aliphatic heterocycles. The van der Waals surface area contributed by atoms with Crippen molar-refractivity contribution >= 4 is 17.1 Å². The molecule has 5 nitrogen and oxygen atoms in total. The lowest BCUT2D eigenvalue weighted by atomic mass is 10.3. The van der Waals surface area contributed by atoms with E-state index in [1.54, 1.807) is 30.6 Å². The first-order valence-corrected chi connectivity index (χ1v) is 5.72. The van der Waals surface area contributed by atoms with Crippen molar-refractivity contribution in [1.29, 1.82) is 0 Å². The van der Waals surface area contributed by atoms with E-state index in [4.69, 9.17) is 9.15 Å². The van der Waals surface area contributed by atoms with E-state index in [-0.39, 0.29) is 5.97 Å². The van der Waals surface area contributed by atoms with Gasteiger partial charge in [0, 0.05) is 25.4 Å². The Bertz CT molecular complexity index is 735. The average molecular weight is 254 g/mol. The third-order valence-corrected chi connectivity index (χ3v) is 2.53. The van der Waals surface area contributed by atoms with E-state index in [0.717, 1.165) is 5.56 Å². The number of rotatable bonds is 2. The van der Waals surface area contributed by atoms with Crippen LogP contribution < -0.4 is 4.74 Å². The second-order valence-corrected chi connectivity index (χ2v) is 3.98. The third kappa shape index (κ3) is 2.30. The number of hydrogen-bond acceptors (Lipinski definition) is 5. The van der Waals surface area contributed by atoms with Gasteiger partial charge < -0.3 is 9.15 Å². The topological polar surface area (TPSA) is 65.2 Å². The Hall–Kier alpha value is -2.69. The van der Waals surface area contributed by atoms with Crippen LogP contribution in [-0.2, 0) is 4.79 Å². The van der Waals surface area contributed by atoms with Gasteiger partial charge in [-0.3, -0.25) is 9.78 Å². The van der Waals surface area contributed by atoms with E-state index in [0.29, 0.717) is 22.7 Å². The van der Waals surface area contributed by atoms with Crippen molar-refractivity contribution < 1.29 is 13.9 Å². The highest BCUT2D eigenvalue weighted by molar-refractivity contribution is 5.79. The number of carbonyl (C=O) groups is 1. The minimum Gasteiger partial charge on any atom is -0.436 e. The van der Waals surface area contributed by atoms with E-state index in [2.05, 4.69) is 9.97 Å². The predicted octanol–water partition coefficient (Wildman–Crippen LogP) is 2.82. The maximum absolute atomic E-state index is 10.9. The van der Waals surface area contributed by atoms with Crippen LogP contribution in [0.3, 0.4) is 0 Å². The molecule has 0 saturated heterocycles. The largest absolute Gasteiger partial charge is 0.436 e. The zero-order valence-electron chi connectivity index (χ0n) is 10.2. The lowest BCUT2D eigenvalue weighted by molar-refractivity contribution is -0.131. The number of nitrogens with zero attached hydrogens (tertiary/aromatic N) is 2. The number of oxazole rings is 1. The minimum absolute atomic E-state index is 0.369. The van der Waals surface area contributed by atoms with Crippen LogP contribution in [0.5, 0.6) is 5.75 Å². The number of aromatic nitrogens is 2. The molecule has 0 aliphatic rings. The quantitative estimate of drug-likeness (QED) is 0.519. The van der Waals surface area contributed by atoms with Crippen LogP contribution >= 0.6 is 0 Å². The highest BCUT2D eigenvalue weighted by Crippen LogP contribution is 2.26. The fourth-order valence-electron chi connectivity index (χ4n) is 1.75. The molecular weight excluding hydrogens is 244 g/mol. The SMILES string of the molecule is CC(=O)Oc1ccc2nc(-c3cccnc3)oc2c1. The van der Waals surface area contributed by atoms with E-state index in [1.807, 2.05) is 12.1 Å². The van der Waals surface area contributed by atoms with Crippen LogP contribution in [0.2, 0.25) is 0 Å². The molecule has 0 bridgehead atoms. The van der Waals surface area contributed by atoms with Gasteiger partial charge in [-0.25, -0.2) is 4.98 Å². The number of fused-ring (bicyclic) bond motifs is 1. The molecule has 3 aromatic rings. The molecule has 3 rings (SSSR count). The zero-order valence-corrected chi connectivity index (χ0v) is 10.2. The van der Waals surface area contributed by atoms with Crippen molar-refractivity contribution in [2.24, 2.45) is 0 Å². The number of esters is 1. The lowest BCUT2D eigenvalue weighted by Gasteiger charge is -1.98. The zero-order chi connectivity index (χ0) is 13.2. The Morgan fingerprint density at radius 1 is 1.32 bits per heavy atom. The summed E-state index contributed by atoms with van der Waals surface area (Å²) in [4.78, 5) is 19.3. The first-order valence-electron chi connectivity index (χ1n) is 5.72. The Morgan fingerprint density at radius 2 is 2.21 bits per heavy atom. The molecule has 2 heterocycles. The van der Waals surface area contributed by atoms with Crippen molar-refractivity contribution in [3.63, 3.8) is 0 Å². The summed E-state index contributed by atoms with van der Waals surface area (Å²) in [5.41, 5.74) is 2.07. The summed E-state index contributed by atoms with van der Waals surface area (Å²) >= 11 is 0. The summed E-state index contributed by atoms with van der Waals surface area (Å²) in [6.07, 6.45) is 3.36. The summed E-state index contributed by atoms with van der Waals surface area (Å²) in [6.45, 7) is 1.35. The highest BCUT2D eigenvalue weighted by Gasteiger charge is 2.09. The fourth-order valence-corrected chi connectivity index (χ4v) is 1.75. The van der Waals surface area contributed by atoms with E-state index in [9.17, 15) is 4.79 Å². The Morgan fingerprint density at radius 3 is 2.95 bits per heavy atom. The first kappa shape index (κ1) is 11.4. The summed E-state index contributed by atoms with van der Waals surface area (Å²) in [7, 11) is 0. The second-order valence-electron chi connectivity index (χ2n) is 3.98. The van der Waals surface area contributed by atoms with Gasteiger partial charge in [0.15, 0.2) is 5.58 Å². The van der Waals surface area contributed by atoms with Crippen LogP contribution in [0.4, 0.5) is 0 Å². The van der Waals surface area contributed by atoms with Crippen LogP contribution in [-0.4, -0.2) is 15.9 Å². The fraction of sp³-hybridized carbons (Fsp3) is 0.0714. The molecule has 94 valence electrons. The van der Waals surface area contributed by atoms with Crippen molar-refractivity contribution in [2.75, 3.05) is 0 Å². The number of benzene rings is 1. The Labute approximate surface area is 108 Å². The third-order valence-electron chi connectivity index (χ3n) is 2.53. The van der Waals surface area contributed by atoms with Crippen LogP contribution in [0, 0.1) is 0 Å². The lowest BCUT2D eigenvalue weighted by Crippen LogP contribution is -2.00. The van der Waals surface area contributed by atoms with Gasteiger partial charge in [0.2, 0.25) is 5.89 Å². The van der Waals surface area contributed by atoms with Gasteiger partial charge >= 0.3 is 5.97 Å². The van der Waals surface area contributed by atoms with E-state index >= 15 is 0 Å². The molecule has 1 aromatic carbocycles. The van der Waals surface area contributed by atoms with Gasteiger partial charge in [0.1, 0.15) is 11.3 Å². The van der Waals surface area contributed by atoms with Crippen molar-refractivity contribution in [3.05, 3.63) is 42.7 Å². The van der Waals surface area contributed by atoms with Gasteiger partial charge in [-0.1, -0.05) is 0 Å². The second kappa shape index (κ2) is 4.53. The monoisotopic (exact) mass is 254 g/mol. The molecule has 0 aliphatic carbocycles. The molecular formula is C14H10N2O3. The van der Waals surface area contributed by atoms with E-state index < -0.39 is 0 Å². The maximum atomic E-state index is 10.9.